The van der Waals surface area contributed by atoms with Crippen molar-refractivity contribution in [2.24, 2.45) is 11.7 Å². The second-order valence-electron chi connectivity index (χ2n) is 4.63. The van der Waals surface area contributed by atoms with Crippen LogP contribution in [0.1, 0.15) is 20.3 Å². The Hall–Kier alpha value is -0.120. The number of hydrogen-bond donors (Lipinski definition) is 1. The van der Waals surface area contributed by atoms with Crippen LogP contribution in [0.5, 0.6) is 0 Å². The zero-order chi connectivity index (χ0) is 9.59. The zero-order valence-corrected chi connectivity index (χ0v) is 8.73. The minimum absolute atomic E-state index is 0.340. The van der Waals surface area contributed by atoms with Gasteiger partial charge in [-0.3, -0.25) is 4.90 Å². The van der Waals surface area contributed by atoms with Gasteiger partial charge in [-0.25, -0.2) is 0 Å². The molecule has 0 aromatic carbocycles. The van der Waals surface area contributed by atoms with E-state index in [0.29, 0.717) is 30.1 Å². The zero-order valence-electron chi connectivity index (χ0n) is 8.73. The van der Waals surface area contributed by atoms with Gasteiger partial charge in [0, 0.05) is 25.7 Å². The lowest BCUT2D eigenvalue weighted by Gasteiger charge is -2.35. The van der Waals surface area contributed by atoms with E-state index in [9.17, 15) is 0 Å². The summed E-state index contributed by atoms with van der Waals surface area (Å²) in [6, 6.07) is 1.40. The standard InChI is InChI=1S/C10H20N2O/c1-6(2)12-5-7-4-8(13-3)10(12)9(7)11/h6-10H,4-5,11H2,1-3H3. The molecule has 3 nitrogen and oxygen atoms in total. The Morgan fingerprint density at radius 1 is 1.46 bits per heavy atom. The number of fused-ring (bicyclic) bond motifs is 2. The fourth-order valence-electron chi connectivity index (χ4n) is 2.94. The van der Waals surface area contributed by atoms with Crippen molar-refractivity contribution in [3.8, 4) is 0 Å². The molecule has 1 aliphatic carbocycles. The molecule has 2 aliphatic rings. The van der Waals surface area contributed by atoms with Crippen LogP contribution in [0.3, 0.4) is 0 Å². The normalized spacial score (nSPS) is 45.0. The maximum Gasteiger partial charge on any atom is 0.0745 e. The first kappa shape index (κ1) is 9.44. The van der Waals surface area contributed by atoms with Gasteiger partial charge in [-0.2, -0.15) is 0 Å². The van der Waals surface area contributed by atoms with Gasteiger partial charge in [-0.1, -0.05) is 0 Å². The molecule has 1 aliphatic heterocycles. The molecule has 4 unspecified atom stereocenters. The fourth-order valence-corrected chi connectivity index (χ4v) is 2.94. The summed E-state index contributed by atoms with van der Waals surface area (Å²) in [4.78, 5) is 2.49. The summed E-state index contributed by atoms with van der Waals surface area (Å²) in [7, 11) is 1.80. The van der Waals surface area contributed by atoms with Crippen molar-refractivity contribution in [1.82, 2.24) is 4.90 Å². The predicted octanol–water partition coefficient (Wildman–Crippen LogP) is 0.441. The third-order valence-corrected chi connectivity index (χ3v) is 3.65. The molecule has 4 atom stereocenters. The van der Waals surface area contributed by atoms with E-state index in [2.05, 4.69) is 18.7 Å². The first-order valence-electron chi connectivity index (χ1n) is 5.19. The third kappa shape index (κ3) is 1.30. The lowest BCUT2D eigenvalue weighted by Crippen LogP contribution is -2.48. The van der Waals surface area contributed by atoms with Crippen molar-refractivity contribution >= 4 is 0 Å². The monoisotopic (exact) mass is 184 g/mol. The topological polar surface area (TPSA) is 38.5 Å². The van der Waals surface area contributed by atoms with Crippen LogP contribution in [0.15, 0.2) is 0 Å². The van der Waals surface area contributed by atoms with Gasteiger partial charge in [0.2, 0.25) is 0 Å². The number of nitrogens with zero attached hydrogens (tertiary/aromatic N) is 1. The van der Waals surface area contributed by atoms with E-state index >= 15 is 0 Å². The summed E-state index contributed by atoms with van der Waals surface area (Å²) in [6.07, 6.45) is 1.53. The van der Waals surface area contributed by atoms with E-state index in [1.54, 1.807) is 7.11 Å². The van der Waals surface area contributed by atoms with E-state index in [1.807, 2.05) is 0 Å². The van der Waals surface area contributed by atoms with Gasteiger partial charge in [-0.05, 0) is 26.2 Å². The molecule has 0 aromatic heterocycles. The Balaban J connectivity index is 2.13. The molecule has 0 aromatic rings. The van der Waals surface area contributed by atoms with Crippen molar-refractivity contribution in [1.29, 1.82) is 0 Å². The SMILES string of the molecule is COC1CC2CN(C(C)C)C1C2N. The largest absolute Gasteiger partial charge is 0.380 e. The summed E-state index contributed by atoms with van der Waals surface area (Å²) >= 11 is 0. The number of nitrogens with two attached hydrogens (primary N) is 1. The molecule has 13 heavy (non-hydrogen) atoms. The highest BCUT2D eigenvalue weighted by molar-refractivity contribution is 5.08. The number of methoxy groups -OCH3 is 1. The molecule has 2 bridgehead atoms. The summed E-state index contributed by atoms with van der Waals surface area (Å²) in [5.74, 6) is 0.664. The molecule has 0 amide bonds. The summed E-state index contributed by atoms with van der Waals surface area (Å²) in [6.45, 7) is 5.64. The molecule has 2 fully saturated rings. The molecule has 1 saturated carbocycles. The minimum Gasteiger partial charge on any atom is -0.380 e. The van der Waals surface area contributed by atoms with Gasteiger partial charge in [0.15, 0.2) is 0 Å². The molecule has 3 heteroatoms. The van der Waals surface area contributed by atoms with Crippen LogP contribution in [0.2, 0.25) is 0 Å². The van der Waals surface area contributed by atoms with E-state index in [4.69, 9.17) is 10.5 Å². The highest BCUT2D eigenvalue weighted by atomic mass is 16.5. The molecule has 2 N–H and O–H groups in total. The van der Waals surface area contributed by atoms with Gasteiger partial charge < -0.3 is 10.5 Å². The Labute approximate surface area is 80.2 Å². The summed E-state index contributed by atoms with van der Waals surface area (Å²) < 4.78 is 5.47. The first-order chi connectivity index (χ1) is 6.15. The van der Waals surface area contributed by atoms with Crippen molar-refractivity contribution in [2.45, 2.75) is 44.5 Å². The average molecular weight is 184 g/mol. The lowest BCUT2D eigenvalue weighted by molar-refractivity contribution is 0.00665. The second-order valence-corrected chi connectivity index (χ2v) is 4.63. The van der Waals surface area contributed by atoms with Crippen molar-refractivity contribution in [3.63, 3.8) is 0 Å². The maximum absolute atomic E-state index is 6.16. The van der Waals surface area contributed by atoms with Crippen LogP contribution in [-0.4, -0.2) is 42.8 Å². The Morgan fingerprint density at radius 2 is 2.15 bits per heavy atom. The molecular formula is C10H20N2O. The van der Waals surface area contributed by atoms with Gasteiger partial charge >= 0.3 is 0 Å². The van der Waals surface area contributed by atoms with Crippen molar-refractivity contribution in [3.05, 3.63) is 0 Å². The Kier molecular flexibility index (Phi) is 2.34. The fraction of sp³-hybridized carbons (Fsp3) is 1.00. The molecule has 0 radical (unpaired) electrons. The van der Waals surface area contributed by atoms with Crippen LogP contribution >= 0.6 is 0 Å². The highest BCUT2D eigenvalue weighted by Crippen LogP contribution is 2.39. The summed E-state index contributed by atoms with van der Waals surface area (Å²) in [5.41, 5.74) is 6.16. The van der Waals surface area contributed by atoms with E-state index in [0.717, 1.165) is 6.42 Å². The van der Waals surface area contributed by atoms with E-state index < -0.39 is 0 Å². The van der Waals surface area contributed by atoms with Crippen LogP contribution in [0.4, 0.5) is 0 Å². The molecule has 0 spiro atoms. The average Bonchev–Trinajstić information content (AvgIpc) is 2.58. The molecule has 1 heterocycles. The number of rotatable bonds is 2. The van der Waals surface area contributed by atoms with Gasteiger partial charge in [0.25, 0.3) is 0 Å². The molecule has 76 valence electrons. The second kappa shape index (κ2) is 3.23. The van der Waals surface area contributed by atoms with Gasteiger partial charge in [0.1, 0.15) is 0 Å². The summed E-state index contributed by atoms with van der Waals surface area (Å²) in [5, 5.41) is 0. The highest BCUT2D eigenvalue weighted by Gasteiger charge is 2.51. The Morgan fingerprint density at radius 3 is 2.62 bits per heavy atom. The number of likely N-dealkylation sites (tertiary alicyclic amines) is 1. The molecule has 2 rings (SSSR count). The van der Waals surface area contributed by atoms with Gasteiger partial charge in [-0.15, -0.1) is 0 Å². The minimum atomic E-state index is 0.340. The van der Waals surface area contributed by atoms with Crippen LogP contribution < -0.4 is 5.73 Å². The van der Waals surface area contributed by atoms with Gasteiger partial charge in [0.05, 0.1) is 12.1 Å². The number of ether oxygens (including phenoxy) is 1. The first-order valence-corrected chi connectivity index (χ1v) is 5.19. The molecule has 1 saturated heterocycles. The Bertz CT molecular complexity index is 195. The van der Waals surface area contributed by atoms with Crippen LogP contribution in [0, 0.1) is 5.92 Å². The predicted molar refractivity (Wildman–Crippen MR) is 52.5 cm³/mol. The van der Waals surface area contributed by atoms with E-state index in [1.165, 1.54) is 6.54 Å². The molecular weight excluding hydrogens is 164 g/mol. The van der Waals surface area contributed by atoms with Crippen LogP contribution in [0.25, 0.3) is 0 Å². The van der Waals surface area contributed by atoms with Crippen LogP contribution in [-0.2, 0) is 4.74 Å². The third-order valence-electron chi connectivity index (χ3n) is 3.65. The quantitative estimate of drug-likeness (QED) is 0.677. The lowest BCUT2D eigenvalue weighted by atomic mass is 10.1. The number of piperidine rings is 1. The van der Waals surface area contributed by atoms with E-state index in [-0.39, 0.29) is 0 Å². The van der Waals surface area contributed by atoms with Crippen molar-refractivity contribution in [2.75, 3.05) is 13.7 Å². The van der Waals surface area contributed by atoms with Crippen molar-refractivity contribution < 1.29 is 4.74 Å². The maximum atomic E-state index is 6.16. The number of hydrogen-bond acceptors (Lipinski definition) is 3. The smallest absolute Gasteiger partial charge is 0.0745 e.